The van der Waals surface area contributed by atoms with Gasteiger partial charge in [0.2, 0.25) is 5.91 Å². The summed E-state index contributed by atoms with van der Waals surface area (Å²) in [5.41, 5.74) is -3.95. The van der Waals surface area contributed by atoms with Crippen LogP contribution in [0.15, 0.2) is 23.1 Å². The molecule has 37 heavy (non-hydrogen) atoms. The van der Waals surface area contributed by atoms with E-state index >= 15 is 0 Å². The van der Waals surface area contributed by atoms with E-state index in [9.17, 15) is 35.9 Å². The van der Waals surface area contributed by atoms with E-state index in [4.69, 9.17) is 5.26 Å². The Hall–Kier alpha value is -3.67. The highest BCUT2D eigenvalue weighted by Gasteiger charge is 2.39. The third kappa shape index (κ3) is 5.68. The molecule has 2 aliphatic rings. The zero-order chi connectivity index (χ0) is 27.0. The first-order valence-corrected chi connectivity index (χ1v) is 11.3. The number of nitrogens with zero attached hydrogens (tertiary/aromatic N) is 6. The van der Waals surface area contributed by atoms with E-state index < -0.39 is 35.1 Å². The van der Waals surface area contributed by atoms with E-state index in [-0.39, 0.29) is 55.7 Å². The SMILES string of the molecule is N#Cc1cnc(N2CCN(C(=O)CN3CCCC3c3cc(C(F)(F)F)c(=O)[nH]n3)CC2)c(C(F)(F)F)c1. The zero-order valence-electron chi connectivity index (χ0n) is 19.2. The topological polar surface area (TPSA) is 109 Å². The Bertz CT molecular complexity index is 1260. The van der Waals surface area contributed by atoms with Crippen LogP contribution >= 0.6 is 0 Å². The summed E-state index contributed by atoms with van der Waals surface area (Å²) in [7, 11) is 0. The normalized spacial score (nSPS) is 19.2. The Morgan fingerprint density at radius 2 is 1.73 bits per heavy atom. The van der Waals surface area contributed by atoms with Gasteiger partial charge in [0.05, 0.1) is 29.4 Å². The minimum Gasteiger partial charge on any atom is -0.353 e. The third-order valence-electron chi connectivity index (χ3n) is 6.41. The molecule has 1 amide bonds. The molecule has 1 N–H and O–H groups in total. The molecule has 0 aromatic carbocycles. The highest BCUT2D eigenvalue weighted by Crippen LogP contribution is 2.36. The molecule has 2 fully saturated rings. The van der Waals surface area contributed by atoms with Crippen molar-refractivity contribution in [1.82, 2.24) is 25.0 Å². The van der Waals surface area contributed by atoms with Gasteiger partial charge in [-0.2, -0.15) is 36.7 Å². The zero-order valence-corrected chi connectivity index (χ0v) is 19.2. The van der Waals surface area contributed by atoms with Gasteiger partial charge < -0.3 is 9.80 Å². The minimum atomic E-state index is -4.85. The van der Waals surface area contributed by atoms with Crippen LogP contribution in [-0.4, -0.2) is 70.2 Å². The van der Waals surface area contributed by atoms with Crippen molar-refractivity contribution < 1.29 is 31.1 Å². The molecule has 198 valence electrons. The number of hydrogen-bond donors (Lipinski definition) is 1. The Kier molecular flexibility index (Phi) is 7.13. The summed E-state index contributed by atoms with van der Waals surface area (Å²) in [5, 5.41) is 14.5. The van der Waals surface area contributed by atoms with Gasteiger partial charge in [-0.15, -0.1) is 0 Å². The fourth-order valence-corrected chi connectivity index (χ4v) is 4.57. The van der Waals surface area contributed by atoms with Crippen molar-refractivity contribution in [3.05, 3.63) is 51.1 Å². The molecule has 2 aliphatic heterocycles. The molecule has 4 rings (SSSR count). The number of alkyl halides is 6. The molecular formula is C22H21F6N7O2. The van der Waals surface area contributed by atoms with Crippen molar-refractivity contribution in [2.75, 3.05) is 44.2 Å². The number of rotatable bonds is 4. The highest BCUT2D eigenvalue weighted by molar-refractivity contribution is 5.78. The first kappa shape index (κ1) is 26.4. The number of anilines is 1. The Balaban J connectivity index is 1.42. The molecule has 2 saturated heterocycles. The molecule has 1 unspecified atom stereocenters. The summed E-state index contributed by atoms with van der Waals surface area (Å²) in [4.78, 5) is 32.9. The molecule has 9 nitrogen and oxygen atoms in total. The van der Waals surface area contributed by atoms with Gasteiger partial charge in [-0.1, -0.05) is 0 Å². The Morgan fingerprint density at radius 1 is 1.05 bits per heavy atom. The second-order valence-corrected chi connectivity index (χ2v) is 8.73. The van der Waals surface area contributed by atoms with Crippen molar-refractivity contribution in [2.24, 2.45) is 0 Å². The largest absolute Gasteiger partial charge is 0.421 e. The number of likely N-dealkylation sites (tertiary alicyclic amines) is 1. The number of aromatic nitrogens is 3. The lowest BCUT2D eigenvalue weighted by molar-refractivity contribution is -0.139. The molecule has 0 radical (unpaired) electrons. The van der Waals surface area contributed by atoms with E-state index in [1.54, 1.807) is 11.0 Å². The van der Waals surface area contributed by atoms with Crippen LogP contribution in [0.1, 0.15) is 41.3 Å². The predicted octanol–water partition coefficient (Wildman–Crippen LogP) is 2.56. The molecule has 2 aromatic rings. The van der Waals surface area contributed by atoms with Crippen molar-refractivity contribution >= 4 is 11.7 Å². The number of nitrogens with one attached hydrogen (secondary N) is 1. The second-order valence-electron chi connectivity index (χ2n) is 8.73. The van der Waals surface area contributed by atoms with Crippen molar-refractivity contribution in [1.29, 1.82) is 5.26 Å². The van der Waals surface area contributed by atoms with Crippen molar-refractivity contribution in [2.45, 2.75) is 31.2 Å². The maximum absolute atomic E-state index is 13.5. The number of carbonyl (C=O) groups excluding carboxylic acids is 1. The van der Waals surface area contributed by atoms with Crippen LogP contribution in [0.3, 0.4) is 0 Å². The van der Waals surface area contributed by atoms with Crippen LogP contribution in [0.4, 0.5) is 32.2 Å². The lowest BCUT2D eigenvalue weighted by atomic mass is 10.1. The van der Waals surface area contributed by atoms with Gasteiger partial charge in [-0.05, 0) is 31.5 Å². The van der Waals surface area contributed by atoms with Gasteiger partial charge in [0.1, 0.15) is 17.5 Å². The number of aromatic amines is 1. The van der Waals surface area contributed by atoms with E-state index in [0.717, 1.165) is 12.3 Å². The van der Waals surface area contributed by atoms with E-state index in [1.165, 1.54) is 9.80 Å². The van der Waals surface area contributed by atoms with Crippen LogP contribution in [0.2, 0.25) is 0 Å². The molecular weight excluding hydrogens is 508 g/mol. The summed E-state index contributed by atoms with van der Waals surface area (Å²) in [6.07, 6.45) is -7.44. The average Bonchev–Trinajstić information content (AvgIpc) is 3.30. The van der Waals surface area contributed by atoms with Crippen molar-refractivity contribution in [3.8, 4) is 6.07 Å². The summed E-state index contributed by atoms with van der Waals surface area (Å²) >= 11 is 0. The molecule has 15 heteroatoms. The Labute approximate surface area is 206 Å². The molecule has 0 spiro atoms. The fourth-order valence-electron chi connectivity index (χ4n) is 4.57. The van der Waals surface area contributed by atoms with Crippen LogP contribution in [0.25, 0.3) is 0 Å². The van der Waals surface area contributed by atoms with Gasteiger partial charge in [-0.25, -0.2) is 10.1 Å². The lowest BCUT2D eigenvalue weighted by Gasteiger charge is -2.37. The summed E-state index contributed by atoms with van der Waals surface area (Å²) in [5.74, 6) is -0.640. The number of H-pyrrole nitrogens is 1. The van der Waals surface area contributed by atoms with Gasteiger partial charge in [0, 0.05) is 32.4 Å². The molecule has 4 heterocycles. The van der Waals surface area contributed by atoms with Gasteiger partial charge in [-0.3, -0.25) is 14.5 Å². The van der Waals surface area contributed by atoms with Crippen LogP contribution in [0.5, 0.6) is 0 Å². The standard InChI is InChI=1S/C22H21F6N7O2/c23-21(24,25)14-8-13(10-29)11-30-19(14)34-6-4-33(5-7-34)18(36)12-35-3-1-2-17(35)16-9-15(22(26,27)28)20(37)32-31-16/h8-9,11,17H,1-7,12H2,(H,32,37). The van der Waals surface area contributed by atoms with Crippen molar-refractivity contribution in [3.63, 3.8) is 0 Å². The van der Waals surface area contributed by atoms with Gasteiger partial charge in [0.15, 0.2) is 0 Å². The first-order chi connectivity index (χ1) is 17.4. The third-order valence-corrected chi connectivity index (χ3v) is 6.41. The molecule has 2 aromatic heterocycles. The summed E-state index contributed by atoms with van der Waals surface area (Å²) < 4.78 is 79.9. The smallest absolute Gasteiger partial charge is 0.353 e. The number of piperazine rings is 1. The quantitative estimate of drug-likeness (QED) is 0.607. The number of pyridine rings is 1. The first-order valence-electron chi connectivity index (χ1n) is 11.3. The molecule has 0 bridgehead atoms. The second kappa shape index (κ2) is 10.0. The number of halogens is 6. The molecule has 1 atom stereocenters. The van der Waals surface area contributed by atoms with E-state index in [1.807, 2.05) is 5.10 Å². The number of carbonyl (C=O) groups is 1. The maximum Gasteiger partial charge on any atom is 0.421 e. The number of amides is 1. The average molecular weight is 529 g/mol. The number of hydrogen-bond acceptors (Lipinski definition) is 7. The van der Waals surface area contributed by atoms with Crippen LogP contribution < -0.4 is 10.5 Å². The fraction of sp³-hybridized carbons (Fsp3) is 0.500. The van der Waals surface area contributed by atoms with E-state index in [2.05, 4.69) is 10.1 Å². The maximum atomic E-state index is 13.5. The van der Waals surface area contributed by atoms with Gasteiger partial charge in [0.25, 0.3) is 5.56 Å². The molecule has 0 aliphatic carbocycles. The lowest BCUT2D eigenvalue weighted by Crippen LogP contribution is -2.51. The van der Waals surface area contributed by atoms with Gasteiger partial charge >= 0.3 is 12.4 Å². The van der Waals surface area contributed by atoms with Crippen LogP contribution in [0, 0.1) is 11.3 Å². The van der Waals surface area contributed by atoms with E-state index in [0.29, 0.717) is 25.5 Å². The van der Waals surface area contributed by atoms with Crippen LogP contribution in [-0.2, 0) is 17.1 Å². The monoisotopic (exact) mass is 529 g/mol. The molecule has 0 saturated carbocycles. The summed E-state index contributed by atoms with van der Waals surface area (Å²) in [6, 6.07) is 2.48. The number of nitriles is 1. The summed E-state index contributed by atoms with van der Waals surface area (Å²) in [6.45, 7) is 0.705. The Morgan fingerprint density at radius 3 is 2.35 bits per heavy atom. The predicted molar refractivity (Wildman–Crippen MR) is 116 cm³/mol. The minimum absolute atomic E-state index is 0.00798. The highest BCUT2D eigenvalue weighted by atomic mass is 19.4.